The minimum absolute atomic E-state index is 0.0312. The molecule has 2 aromatic rings. The molecule has 7 nitrogen and oxygen atoms in total. The molecule has 1 aliphatic carbocycles. The molecule has 29 heavy (non-hydrogen) atoms. The summed E-state index contributed by atoms with van der Waals surface area (Å²) in [6, 6.07) is 2.85. The molecule has 2 heterocycles. The molecule has 0 bridgehead atoms. The third kappa shape index (κ3) is 5.38. The predicted molar refractivity (Wildman–Crippen MR) is 112 cm³/mol. The highest BCUT2D eigenvalue weighted by Crippen LogP contribution is 2.34. The summed E-state index contributed by atoms with van der Waals surface area (Å²) in [5, 5.41) is 8.68. The zero-order valence-corrected chi connectivity index (χ0v) is 18.3. The average molecular weight is 416 g/mol. The lowest BCUT2D eigenvalue weighted by atomic mass is 9.85. The Balaban J connectivity index is 2.03. The highest BCUT2D eigenvalue weighted by Gasteiger charge is 2.39. The van der Waals surface area contributed by atoms with Gasteiger partial charge in [0.05, 0.1) is 0 Å². The van der Waals surface area contributed by atoms with Crippen LogP contribution in [0.4, 0.5) is 0 Å². The molecule has 156 valence electrons. The minimum atomic E-state index is -0.768. The molecule has 3 rings (SSSR count). The van der Waals surface area contributed by atoms with E-state index in [1.165, 1.54) is 0 Å². The van der Waals surface area contributed by atoms with Crippen LogP contribution in [0.1, 0.15) is 75.5 Å². The molecule has 2 aromatic heterocycles. The van der Waals surface area contributed by atoms with Gasteiger partial charge in [-0.05, 0) is 70.0 Å². The van der Waals surface area contributed by atoms with Crippen molar-refractivity contribution in [2.75, 3.05) is 0 Å². The van der Waals surface area contributed by atoms with Crippen LogP contribution in [-0.4, -0.2) is 42.9 Å². The van der Waals surface area contributed by atoms with Crippen molar-refractivity contribution in [3.05, 3.63) is 41.2 Å². The van der Waals surface area contributed by atoms with Crippen molar-refractivity contribution < 1.29 is 9.59 Å². The molecule has 0 aromatic carbocycles. The largest absolute Gasteiger partial charge is 0.349 e. The van der Waals surface area contributed by atoms with Crippen LogP contribution < -0.4 is 5.32 Å². The Bertz CT molecular complexity index is 811. The third-order valence-corrected chi connectivity index (χ3v) is 5.72. The number of hydrogen-bond acceptors (Lipinski definition) is 6. The fourth-order valence-electron chi connectivity index (χ4n) is 3.82. The highest BCUT2D eigenvalue weighted by atomic mass is 32.1. The molecule has 1 atom stereocenters. The summed E-state index contributed by atoms with van der Waals surface area (Å²) in [7, 11) is 0. The second-order valence-corrected chi connectivity index (χ2v) is 9.45. The number of carbonyl (C=O) groups is 2. The van der Waals surface area contributed by atoms with Crippen molar-refractivity contribution in [1.29, 1.82) is 0 Å². The summed E-state index contributed by atoms with van der Waals surface area (Å²) in [5.41, 5.74) is 0.561. The van der Waals surface area contributed by atoms with Gasteiger partial charge in [0.2, 0.25) is 5.91 Å². The number of nitrogens with one attached hydrogen (secondary N) is 1. The van der Waals surface area contributed by atoms with E-state index in [9.17, 15) is 9.59 Å². The highest BCUT2D eigenvalue weighted by molar-refractivity contribution is 7.03. The van der Waals surface area contributed by atoms with E-state index in [1.807, 2.05) is 26.8 Å². The number of aromatic nitrogens is 3. The van der Waals surface area contributed by atoms with Gasteiger partial charge >= 0.3 is 0 Å². The van der Waals surface area contributed by atoms with Crippen LogP contribution in [0, 0.1) is 5.92 Å². The van der Waals surface area contributed by atoms with Gasteiger partial charge in [-0.15, -0.1) is 5.10 Å². The maximum Gasteiger partial charge on any atom is 0.276 e. The van der Waals surface area contributed by atoms with Crippen LogP contribution in [0.25, 0.3) is 0 Å². The molecule has 0 spiro atoms. The van der Waals surface area contributed by atoms with Crippen molar-refractivity contribution in [2.45, 2.75) is 71.0 Å². The molecule has 0 unspecified atom stereocenters. The molecule has 1 aliphatic rings. The van der Waals surface area contributed by atoms with Crippen LogP contribution in [0.2, 0.25) is 0 Å². The van der Waals surface area contributed by atoms with Gasteiger partial charge in [0.25, 0.3) is 5.91 Å². The van der Waals surface area contributed by atoms with Crippen LogP contribution in [-0.2, 0) is 4.79 Å². The molecular formula is C21H29N5O2S. The molecule has 0 radical (unpaired) electrons. The summed E-state index contributed by atoms with van der Waals surface area (Å²) < 4.78 is 3.85. The number of carbonyl (C=O) groups excluding carboxylic acids is 2. The Morgan fingerprint density at radius 3 is 2.52 bits per heavy atom. The van der Waals surface area contributed by atoms with Gasteiger partial charge < -0.3 is 10.2 Å². The number of pyridine rings is 1. The van der Waals surface area contributed by atoms with E-state index in [1.54, 1.807) is 28.7 Å². The van der Waals surface area contributed by atoms with Crippen molar-refractivity contribution in [3.63, 3.8) is 0 Å². The van der Waals surface area contributed by atoms with Gasteiger partial charge in [-0.1, -0.05) is 17.5 Å². The molecular weight excluding hydrogens is 386 g/mol. The molecule has 0 aliphatic heterocycles. The minimum Gasteiger partial charge on any atom is -0.349 e. The Hall–Kier alpha value is -2.35. The zero-order valence-electron chi connectivity index (χ0n) is 17.5. The monoisotopic (exact) mass is 415 g/mol. The van der Waals surface area contributed by atoms with Gasteiger partial charge in [-0.3, -0.25) is 14.6 Å². The van der Waals surface area contributed by atoms with E-state index in [0.29, 0.717) is 11.5 Å². The van der Waals surface area contributed by atoms with E-state index < -0.39 is 11.6 Å². The van der Waals surface area contributed by atoms with Crippen molar-refractivity contribution in [1.82, 2.24) is 24.8 Å². The first-order chi connectivity index (χ1) is 13.8. The second-order valence-electron chi connectivity index (χ2n) is 8.84. The Morgan fingerprint density at radius 1 is 1.24 bits per heavy atom. The number of amides is 2. The first-order valence-electron chi connectivity index (χ1n) is 10.1. The van der Waals surface area contributed by atoms with Crippen molar-refractivity contribution in [2.24, 2.45) is 5.92 Å². The SMILES string of the molecule is CC1CCC(N(C(=O)c2csnn2)[C@H](C(=O)NC(C)(C)C)c2cccnc2)CC1. The summed E-state index contributed by atoms with van der Waals surface area (Å²) in [6.45, 7) is 8.04. The van der Waals surface area contributed by atoms with Gasteiger partial charge in [-0.2, -0.15) is 0 Å². The van der Waals surface area contributed by atoms with E-state index in [0.717, 1.165) is 37.2 Å². The Kier molecular flexibility index (Phi) is 6.62. The molecule has 0 saturated heterocycles. The Morgan fingerprint density at radius 2 is 1.97 bits per heavy atom. The fraction of sp³-hybridized carbons (Fsp3) is 0.571. The van der Waals surface area contributed by atoms with Gasteiger partial charge in [0.1, 0.15) is 6.04 Å². The number of hydrogen-bond donors (Lipinski definition) is 1. The fourth-order valence-corrected chi connectivity index (χ4v) is 4.25. The summed E-state index contributed by atoms with van der Waals surface area (Å²) in [5.74, 6) is 0.168. The third-order valence-electron chi connectivity index (χ3n) is 5.22. The van der Waals surface area contributed by atoms with Gasteiger partial charge in [0.15, 0.2) is 5.69 Å². The van der Waals surface area contributed by atoms with E-state index in [2.05, 4.69) is 26.8 Å². The van der Waals surface area contributed by atoms with E-state index in [4.69, 9.17) is 0 Å². The second kappa shape index (κ2) is 8.98. The predicted octanol–water partition coefficient (Wildman–Crippen LogP) is 3.61. The lowest BCUT2D eigenvalue weighted by Crippen LogP contribution is -2.53. The van der Waals surface area contributed by atoms with E-state index in [-0.39, 0.29) is 23.6 Å². The standard InChI is InChI=1S/C21H29N5O2S/c1-14-7-9-16(10-8-14)26(20(28)17-13-29-25-24-17)18(15-6-5-11-22-12-15)19(27)23-21(2,3)4/h5-6,11-14,16,18H,7-10H2,1-4H3,(H,23,27)/t14?,16?,18-/m0/s1. The quantitative estimate of drug-likeness (QED) is 0.806. The Labute approximate surface area is 176 Å². The molecule has 2 amide bonds. The van der Waals surface area contributed by atoms with E-state index >= 15 is 0 Å². The average Bonchev–Trinajstić information content (AvgIpc) is 3.20. The van der Waals surface area contributed by atoms with Crippen LogP contribution >= 0.6 is 11.5 Å². The normalized spacial score (nSPS) is 20.7. The lowest BCUT2D eigenvalue weighted by molar-refractivity contribution is -0.128. The zero-order chi connectivity index (χ0) is 21.0. The van der Waals surface area contributed by atoms with Crippen LogP contribution in [0.3, 0.4) is 0 Å². The molecule has 1 fully saturated rings. The van der Waals surface area contributed by atoms with Crippen LogP contribution in [0.5, 0.6) is 0 Å². The topological polar surface area (TPSA) is 88.1 Å². The number of rotatable bonds is 5. The maximum absolute atomic E-state index is 13.5. The summed E-state index contributed by atoms with van der Waals surface area (Å²) in [4.78, 5) is 32.8. The molecule has 8 heteroatoms. The van der Waals surface area contributed by atoms with Crippen molar-refractivity contribution >= 4 is 23.3 Å². The van der Waals surface area contributed by atoms with Crippen LogP contribution in [0.15, 0.2) is 29.9 Å². The summed E-state index contributed by atoms with van der Waals surface area (Å²) >= 11 is 1.14. The van der Waals surface area contributed by atoms with Gasteiger partial charge in [-0.25, -0.2) is 0 Å². The first-order valence-corrected chi connectivity index (χ1v) is 10.9. The molecule has 1 N–H and O–H groups in total. The van der Waals surface area contributed by atoms with Gasteiger partial charge in [0, 0.05) is 34.9 Å². The maximum atomic E-state index is 13.5. The smallest absolute Gasteiger partial charge is 0.276 e. The van der Waals surface area contributed by atoms with Crippen molar-refractivity contribution in [3.8, 4) is 0 Å². The number of nitrogens with zero attached hydrogens (tertiary/aromatic N) is 4. The summed E-state index contributed by atoms with van der Waals surface area (Å²) in [6.07, 6.45) is 7.13. The lowest BCUT2D eigenvalue weighted by Gasteiger charge is -2.41. The molecule has 1 saturated carbocycles. The first kappa shape index (κ1) is 21.4.